The van der Waals surface area contributed by atoms with E-state index in [1.807, 2.05) is 66.7 Å². The number of ether oxygens (including phenoxy) is 2. The first-order valence-electron chi connectivity index (χ1n) is 11.7. The van der Waals surface area contributed by atoms with Crippen LogP contribution in [0.5, 0.6) is 11.5 Å². The van der Waals surface area contributed by atoms with Crippen LogP contribution in [-0.2, 0) is 11.3 Å². The van der Waals surface area contributed by atoms with Gasteiger partial charge in [0.1, 0.15) is 11.5 Å². The highest BCUT2D eigenvalue weighted by molar-refractivity contribution is 6.18. The van der Waals surface area contributed by atoms with Crippen molar-refractivity contribution in [1.29, 1.82) is 0 Å². The second-order valence-corrected chi connectivity index (χ2v) is 8.75. The van der Waals surface area contributed by atoms with Gasteiger partial charge in [-0.1, -0.05) is 30.3 Å². The lowest BCUT2D eigenvalue weighted by atomic mass is 10.1. The molecule has 7 heteroatoms. The average Bonchev–Trinajstić information content (AvgIpc) is 3.25. The van der Waals surface area contributed by atoms with Crippen molar-refractivity contribution in [3.05, 3.63) is 94.9 Å². The van der Waals surface area contributed by atoms with Crippen LogP contribution in [0.15, 0.2) is 83.8 Å². The third kappa shape index (κ3) is 3.48. The second kappa shape index (κ2) is 8.53. The molecule has 6 rings (SSSR count). The number of hydrogen-bond acceptors (Lipinski definition) is 5. The van der Waals surface area contributed by atoms with Gasteiger partial charge in [0.2, 0.25) is 0 Å². The largest absolute Gasteiger partial charge is 0.497 e. The topological polar surface area (TPSA) is 81.9 Å². The number of hydrogen-bond donors (Lipinski definition) is 1. The lowest BCUT2D eigenvalue weighted by Gasteiger charge is -2.15. The number of fused-ring (bicyclic) bond motifs is 5. The molecule has 1 atom stereocenters. The van der Waals surface area contributed by atoms with Gasteiger partial charge in [0.25, 0.3) is 11.5 Å². The van der Waals surface area contributed by atoms with Crippen LogP contribution in [-0.4, -0.2) is 28.5 Å². The summed E-state index contributed by atoms with van der Waals surface area (Å²) >= 11 is 0. The van der Waals surface area contributed by atoms with Crippen molar-refractivity contribution in [2.75, 3.05) is 7.11 Å². The molecule has 6 aromatic rings. The normalized spacial score (nSPS) is 12.4. The Morgan fingerprint density at radius 3 is 2.61 bits per heavy atom. The molecule has 0 aliphatic rings. The first-order valence-corrected chi connectivity index (χ1v) is 11.7. The van der Waals surface area contributed by atoms with E-state index in [1.54, 1.807) is 30.7 Å². The number of aromatic nitrogens is 2. The molecule has 1 amide bonds. The van der Waals surface area contributed by atoms with Crippen molar-refractivity contribution >= 4 is 44.0 Å². The van der Waals surface area contributed by atoms with E-state index in [4.69, 9.17) is 9.47 Å². The standard InChI is InChI=1S/C29H23N3O4/c1-17(28(33)31-16-18-6-5-7-19(14-18)35-2)36-20-10-11-25-24(15-20)22-12-13-30-26-21-8-3-4-9-23(21)29(34)32(25)27(22)26/h3-15,17H,16H2,1-2H3,(H,31,33)/t17-/m1/s1. The Morgan fingerprint density at radius 2 is 1.78 bits per heavy atom. The van der Waals surface area contributed by atoms with Gasteiger partial charge in [-0.2, -0.15) is 0 Å². The Bertz CT molecular complexity index is 1830. The van der Waals surface area contributed by atoms with Crippen LogP contribution >= 0.6 is 0 Å². The van der Waals surface area contributed by atoms with Crippen molar-refractivity contribution in [2.24, 2.45) is 0 Å². The molecule has 0 aliphatic heterocycles. The van der Waals surface area contributed by atoms with Crippen molar-refractivity contribution in [2.45, 2.75) is 19.6 Å². The molecular formula is C29H23N3O4. The molecule has 0 radical (unpaired) electrons. The number of methoxy groups -OCH3 is 1. The van der Waals surface area contributed by atoms with E-state index < -0.39 is 6.10 Å². The number of carbonyl (C=O) groups excluding carboxylic acids is 1. The van der Waals surface area contributed by atoms with Gasteiger partial charge >= 0.3 is 0 Å². The number of nitrogens with one attached hydrogen (secondary N) is 1. The predicted molar refractivity (Wildman–Crippen MR) is 140 cm³/mol. The minimum Gasteiger partial charge on any atom is -0.497 e. The van der Waals surface area contributed by atoms with Crippen molar-refractivity contribution in [3.63, 3.8) is 0 Å². The molecule has 1 N–H and O–H groups in total. The van der Waals surface area contributed by atoms with Crippen molar-refractivity contribution in [3.8, 4) is 11.5 Å². The number of rotatable bonds is 6. The summed E-state index contributed by atoms with van der Waals surface area (Å²) in [5.74, 6) is 1.06. The third-order valence-electron chi connectivity index (χ3n) is 6.55. The van der Waals surface area contributed by atoms with E-state index >= 15 is 0 Å². The SMILES string of the molecule is COc1cccc(CNC(=O)[C@@H](C)Oc2ccc3c(c2)c2ccnc4c5ccccc5c(=O)n3c24)c1. The second-order valence-electron chi connectivity index (χ2n) is 8.75. The Balaban J connectivity index is 1.33. The summed E-state index contributed by atoms with van der Waals surface area (Å²) in [5.41, 5.74) is 3.21. The monoisotopic (exact) mass is 477 g/mol. The van der Waals surface area contributed by atoms with Gasteiger partial charge in [0.15, 0.2) is 6.10 Å². The highest BCUT2D eigenvalue weighted by Gasteiger charge is 2.19. The highest BCUT2D eigenvalue weighted by atomic mass is 16.5. The van der Waals surface area contributed by atoms with Gasteiger partial charge in [-0.25, -0.2) is 0 Å². The molecule has 3 aromatic carbocycles. The number of amides is 1. The predicted octanol–water partition coefficient (Wildman–Crippen LogP) is 4.68. The summed E-state index contributed by atoms with van der Waals surface area (Å²) in [6.07, 6.45) is 1.05. The quantitative estimate of drug-likeness (QED) is 0.352. The molecule has 3 aromatic heterocycles. The summed E-state index contributed by atoms with van der Waals surface area (Å²) in [6, 6.07) is 22.5. The highest BCUT2D eigenvalue weighted by Crippen LogP contribution is 2.34. The minimum atomic E-state index is -0.708. The van der Waals surface area contributed by atoms with E-state index in [0.29, 0.717) is 17.7 Å². The molecular weight excluding hydrogens is 454 g/mol. The molecule has 0 saturated heterocycles. The van der Waals surface area contributed by atoms with Crippen LogP contribution < -0.4 is 20.3 Å². The molecule has 0 bridgehead atoms. The van der Waals surface area contributed by atoms with Crippen molar-refractivity contribution in [1.82, 2.24) is 14.7 Å². The zero-order valence-corrected chi connectivity index (χ0v) is 19.8. The molecule has 0 aliphatic carbocycles. The Hall–Kier alpha value is -4.65. The van der Waals surface area contributed by atoms with Crippen molar-refractivity contribution < 1.29 is 14.3 Å². The summed E-state index contributed by atoms with van der Waals surface area (Å²) < 4.78 is 13.0. The zero-order valence-electron chi connectivity index (χ0n) is 19.8. The number of nitrogens with zero attached hydrogens (tertiary/aromatic N) is 2. The van der Waals surface area contributed by atoms with Gasteiger partial charge in [-0.15, -0.1) is 0 Å². The van der Waals surface area contributed by atoms with E-state index in [9.17, 15) is 9.59 Å². The van der Waals surface area contributed by atoms with Gasteiger partial charge in [-0.05, 0) is 55.0 Å². The maximum Gasteiger partial charge on any atom is 0.263 e. The lowest BCUT2D eigenvalue weighted by Crippen LogP contribution is -2.35. The maximum absolute atomic E-state index is 13.4. The fourth-order valence-corrected chi connectivity index (χ4v) is 4.79. The van der Waals surface area contributed by atoms with E-state index in [1.165, 1.54) is 0 Å². The molecule has 178 valence electrons. The summed E-state index contributed by atoms with van der Waals surface area (Å²) in [5, 5.41) is 6.16. The van der Waals surface area contributed by atoms with E-state index in [-0.39, 0.29) is 11.5 Å². The Morgan fingerprint density at radius 1 is 0.944 bits per heavy atom. The maximum atomic E-state index is 13.4. The van der Waals surface area contributed by atoms with Crippen LogP contribution in [0.3, 0.4) is 0 Å². The molecule has 0 spiro atoms. The Labute approximate surface area is 206 Å². The molecule has 0 unspecified atom stereocenters. The number of benzene rings is 3. The summed E-state index contributed by atoms with van der Waals surface area (Å²) in [6.45, 7) is 2.08. The van der Waals surface area contributed by atoms with Crippen LogP contribution in [0, 0.1) is 0 Å². The Kier molecular flexibility index (Phi) is 5.18. The average molecular weight is 478 g/mol. The van der Waals surface area contributed by atoms with E-state index in [2.05, 4.69) is 10.3 Å². The smallest absolute Gasteiger partial charge is 0.263 e. The first-order chi connectivity index (χ1) is 17.5. The molecule has 36 heavy (non-hydrogen) atoms. The van der Waals surface area contributed by atoms with E-state index in [0.717, 1.165) is 44.0 Å². The van der Waals surface area contributed by atoms with Gasteiger partial charge in [0.05, 0.1) is 23.7 Å². The fraction of sp³-hybridized carbons (Fsp3) is 0.138. The number of carbonyl (C=O) groups is 1. The van der Waals surface area contributed by atoms with Crippen LogP contribution in [0.4, 0.5) is 0 Å². The molecule has 7 nitrogen and oxygen atoms in total. The van der Waals surface area contributed by atoms with Gasteiger partial charge in [0, 0.05) is 34.3 Å². The van der Waals surface area contributed by atoms with Crippen LogP contribution in [0.2, 0.25) is 0 Å². The fourth-order valence-electron chi connectivity index (χ4n) is 4.79. The third-order valence-corrected chi connectivity index (χ3v) is 6.55. The first kappa shape index (κ1) is 21.9. The van der Waals surface area contributed by atoms with Crippen LogP contribution in [0.25, 0.3) is 38.1 Å². The lowest BCUT2D eigenvalue weighted by molar-refractivity contribution is -0.127. The summed E-state index contributed by atoms with van der Waals surface area (Å²) in [7, 11) is 1.61. The molecule has 0 saturated carbocycles. The molecule has 0 fully saturated rings. The van der Waals surface area contributed by atoms with Gasteiger partial charge < -0.3 is 14.8 Å². The minimum absolute atomic E-state index is 0.0787. The summed E-state index contributed by atoms with van der Waals surface area (Å²) in [4.78, 5) is 30.7. The zero-order chi connectivity index (χ0) is 24.8. The van der Waals surface area contributed by atoms with Gasteiger partial charge in [-0.3, -0.25) is 19.0 Å². The number of pyridine rings is 2. The van der Waals surface area contributed by atoms with Crippen LogP contribution in [0.1, 0.15) is 12.5 Å². The molecule has 3 heterocycles.